The van der Waals surface area contributed by atoms with Gasteiger partial charge in [-0.15, -0.1) is 0 Å². The quantitative estimate of drug-likeness (QED) is 0.571. The first-order valence-electron chi connectivity index (χ1n) is 9.47. The van der Waals surface area contributed by atoms with Crippen LogP contribution in [0.3, 0.4) is 0 Å². The summed E-state index contributed by atoms with van der Waals surface area (Å²) in [4.78, 5) is 43.4. The summed E-state index contributed by atoms with van der Waals surface area (Å²) in [6, 6.07) is 6.53. The molecular formula is C20H26N4O5. The number of H-pyrrole nitrogens is 1. The number of hydrogen-bond acceptors (Lipinski definition) is 5. The molecule has 1 aromatic heterocycles. The number of benzene rings is 1. The lowest BCUT2D eigenvalue weighted by atomic mass is 10.1. The Balaban J connectivity index is 1.65. The Morgan fingerprint density at radius 2 is 1.83 bits per heavy atom. The van der Waals surface area contributed by atoms with Crippen LogP contribution in [-0.4, -0.2) is 85.7 Å². The number of nitrogens with zero attached hydrogens (tertiary/aromatic N) is 2. The lowest BCUT2D eigenvalue weighted by Crippen LogP contribution is -2.45. The minimum atomic E-state index is -0.694. The summed E-state index contributed by atoms with van der Waals surface area (Å²) in [5, 5.41) is 3.70. The van der Waals surface area contributed by atoms with Gasteiger partial charge in [-0.1, -0.05) is 18.2 Å². The molecule has 1 aliphatic rings. The van der Waals surface area contributed by atoms with Gasteiger partial charge in [0, 0.05) is 50.8 Å². The van der Waals surface area contributed by atoms with Crippen LogP contribution in [0.25, 0.3) is 10.9 Å². The van der Waals surface area contributed by atoms with Crippen LogP contribution in [0.4, 0.5) is 4.79 Å². The number of aromatic amines is 1. The van der Waals surface area contributed by atoms with Crippen molar-refractivity contribution in [2.45, 2.75) is 12.5 Å². The number of fused-ring (bicyclic) bond motifs is 1. The molecule has 2 heterocycles. The number of nitrogens with one attached hydrogen (secondary N) is 2. The molecule has 2 N–H and O–H groups in total. The van der Waals surface area contributed by atoms with E-state index in [9.17, 15) is 14.4 Å². The highest BCUT2D eigenvalue weighted by Gasteiger charge is 2.39. The molecule has 2 aromatic rings. The van der Waals surface area contributed by atoms with Crippen molar-refractivity contribution in [2.75, 3.05) is 47.1 Å². The largest absolute Gasteiger partial charge is 0.383 e. The summed E-state index contributed by atoms with van der Waals surface area (Å²) in [6.45, 7) is 1.14. The van der Waals surface area contributed by atoms with Crippen LogP contribution in [0.15, 0.2) is 30.5 Å². The maximum atomic E-state index is 12.8. The molecule has 9 heteroatoms. The summed E-state index contributed by atoms with van der Waals surface area (Å²) < 4.78 is 10.1. The molecular weight excluding hydrogens is 376 g/mol. The molecule has 1 atom stereocenters. The molecule has 0 spiro atoms. The molecule has 0 saturated carbocycles. The fourth-order valence-electron chi connectivity index (χ4n) is 3.38. The molecule has 1 fully saturated rings. The van der Waals surface area contributed by atoms with E-state index in [-0.39, 0.29) is 12.5 Å². The molecule has 4 amide bonds. The lowest BCUT2D eigenvalue weighted by molar-refractivity contribution is -0.138. The smallest absolute Gasteiger partial charge is 0.325 e. The Labute approximate surface area is 168 Å². The molecule has 0 radical (unpaired) electrons. The topological polar surface area (TPSA) is 104 Å². The third-order valence-electron chi connectivity index (χ3n) is 4.98. The molecule has 1 aromatic carbocycles. The summed E-state index contributed by atoms with van der Waals surface area (Å²) >= 11 is 0. The van der Waals surface area contributed by atoms with Crippen LogP contribution in [0.5, 0.6) is 0 Å². The van der Waals surface area contributed by atoms with Crippen molar-refractivity contribution in [3.8, 4) is 0 Å². The van der Waals surface area contributed by atoms with Gasteiger partial charge in [-0.25, -0.2) is 4.79 Å². The van der Waals surface area contributed by atoms with Gasteiger partial charge < -0.3 is 24.7 Å². The molecule has 0 bridgehead atoms. The molecule has 1 saturated heterocycles. The standard InChI is InChI=1S/C20H26N4O5/c1-28-9-7-23(8-10-29-2)18(25)13-24-19(26)17(22-20(24)27)11-14-12-21-16-6-4-3-5-15(14)16/h3-6,12,17,21H,7-11,13H2,1-2H3,(H,22,27)/t17-/m0/s1. The first kappa shape index (κ1) is 20.8. The number of para-hydroxylation sites is 1. The van der Waals surface area contributed by atoms with E-state index in [1.807, 2.05) is 30.5 Å². The van der Waals surface area contributed by atoms with Crippen LogP contribution in [0.2, 0.25) is 0 Å². The van der Waals surface area contributed by atoms with E-state index >= 15 is 0 Å². The molecule has 0 aliphatic carbocycles. The highest BCUT2D eigenvalue weighted by Crippen LogP contribution is 2.21. The van der Waals surface area contributed by atoms with Crippen LogP contribution in [0, 0.1) is 0 Å². The van der Waals surface area contributed by atoms with E-state index in [0.29, 0.717) is 32.7 Å². The van der Waals surface area contributed by atoms with E-state index < -0.39 is 18.0 Å². The zero-order valence-electron chi connectivity index (χ0n) is 16.6. The van der Waals surface area contributed by atoms with Crippen molar-refractivity contribution >= 4 is 28.7 Å². The first-order valence-corrected chi connectivity index (χ1v) is 9.47. The van der Waals surface area contributed by atoms with Crippen molar-refractivity contribution in [3.63, 3.8) is 0 Å². The van der Waals surface area contributed by atoms with Gasteiger partial charge in [-0.3, -0.25) is 14.5 Å². The number of imide groups is 1. The number of rotatable bonds is 10. The maximum Gasteiger partial charge on any atom is 0.325 e. The molecule has 3 rings (SSSR count). The van der Waals surface area contributed by atoms with Crippen LogP contribution >= 0.6 is 0 Å². The third-order valence-corrected chi connectivity index (χ3v) is 4.98. The summed E-state index contributed by atoms with van der Waals surface area (Å²) in [5.74, 6) is -0.720. The first-order chi connectivity index (χ1) is 14.0. The van der Waals surface area contributed by atoms with Gasteiger partial charge in [0.05, 0.1) is 13.2 Å². The minimum absolute atomic E-state index is 0.303. The normalized spacial score (nSPS) is 16.5. The van der Waals surface area contributed by atoms with Gasteiger partial charge in [0.15, 0.2) is 0 Å². The highest BCUT2D eigenvalue weighted by atomic mass is 16.5. The fourth-order valence-corrected chi connectivity index (χ4v) is 3.38. The monoisotopic (exact) mass is 402 g/mol. The Morgan fingerprint density at radius 1 is 1.14 bits per heavy atom. The Hall–Kier alpha value is -2.91. The predicted octanol–water partition coefficient (Wildman–Crippen LogP) is 0.752. The van der Waals surface area contributed by atoms with Crippen molar-refractivity contribution < 1.29 is 23.9 Å². The molecule has 29 heavy (non-hydrogen) atoms. The van der Waals surface area contributed by atoms with Gasteiger partial charge in [0.25, 0.3) is 5.91 Å². The van der Waals surface area contributed by atoms with Crippen LogP contribution < -0.4 is 5.32 Å². The van der Waals surface area contributed by atoms with E-state index in [0.717, 1.165) is 21.4 Å². The van der Waals surface area contributed by atoms with Crippen molar-refractivity contribution in [1.82, 2.24) is 20.1 Å². The van der Waals surface area contributed by atoms with Crippen LogP contribution in [-0.2, 0) is 25.5 Å². The third kappa shape index (κ3) is 4.75. The Morgan fingerprint density at radius 3 is 2.52 bits per heavy atom. The number of ether oxygens (including phenoxy) is 2. The SMILES string of the molecule is COCCN(CCOC)C(=O)CN1C(=O)N[C@@H](Cc2c[nH]c3ccccc23)C1=O. The second-order valence-electron chi connectivity index (χ2n) is 6.86. The number of methoxy groups -OCH3 is 2. The number of hydrogen-bond donors (Lipinski definition) is 2. The van der Waals surface area contributed by atoms with E-state index in [4.69, 9.17) is 9.47 Å². The van der Waals surface area contributed by atoms with E-state index in [1.165, 1.54) is 4.90 Å². The molecule has 1 aliphatic heterocycles. The van der Waals surface area contributed by atoms with Crippen LogP contribution in [0.1, 0.15) is 5.56 Å². The van der Waals surface area contributed by atoms with E-state index in [2.05, 4.69) is 10.3 Å². The van der Waals surface area contributed by atoms with Gasteiger partial charge in [-0.05, 0) is 11.6 Å². The number of carbonyl (C=O) groups excluding carboxylic acids is 3. The average Bonchev–Trinajstić information content (AvgIpc) is 3.24. The maximum absolute atomic E-state index is 12.8. The predicted molar refractivity (Wildman–Crippen MR) is 106 cm³/mol. The number of urea groups is 1. The highest BCUT2D eigenvalue weighted by molar-refractivity contribution is 6.06. The van der Waals surface area contributed by atoms with Crippen molar-refractivity contribution in [2.24, 2.45) is 0 Å². The lowest BCUT2D eigenvalue weighted by Gasteiger charge is -2.24. The summed E-state index contributed by atoms with van der Waals surface area (Å²) in [6.07, 6.45) is 2.20. The molecule has 9 nitrogen and oxygen atoms in total. The second kappa shape index (κ2) is 9.53. The fraction of sp³-hybridized carbons (Fsp3) is 0.450. The van der Waals surface area contributed by atoms with Crippen molar-refractivity contribution in [1.29, 1.82) is 0 Å². The van der Waals surface area contributed by atoms with E-state index in [1.54, 1.807) is 14.2 Å². The zero-order chi connectivity index (χ0) is 20.8. The Bertz CT molecular complexity index is 873. The summed E-state index contributed by atoms with van der Waals surface area (Å²) in [7, 11) is 3.09. The molecule has 0 unspecified atom stereocenters. The average molecular weight is 402 g/mol. The van der Waals surface area contributed by atoms with Crippen molar-refractivity contribution in [3.05, 3.63) is 36.0 Å². The minimum Gasteiger partial charge on any atom is -0.383 e. The van der Waals surface area contributed by atoms with Gasteiger partial charge in [0.2, 0.25) is 5.91 Å². The number of aromatic nitrogens is 1. The Kier molecular flexibility index (Phi) is 6.84. The van der Waals surface area contributed by atoms with Gasteiger partial charge >= 0.3 is 6.03 Å². The molecule has 156 valence electrons. The zero-order valence-corrected chi connectivity index (χ0v) is 16.6. The number of amides is 4. The van der Waals surface area contributed by atoms with Gasteiger partial charge in [0.1, 0.15) is 12.6 Å². The van der Waals surface area contributed by atoms with Gasteiger partial charge in [-0.2, -0.15) is 0 Å². The summed E-state index contributed by atoms with van der Waals surface area (Å²) in [5.41, 5.74) is 1.91. The second-order valence-corrected chi connectivity index (χ2v) is 6.86. The number of carbonyl (C=O) groups is 3.